The third-order valence-corrected chi connectivity index (χ3v) is 3.31. The Morgan fingerprint density at radius 1 is 1.56 bits per heavy atom. The Bertz CT molecular complexity index is 366. The summed E-state index contributed by atoms with van der Waals surface area (Å²) in [6.07, 6.45) is 1.01. The number of ether oxygens (including phenoxy) is 1. The number of benzene rings is 1. The van der Waals surface area contributed by atoms with E-state index in [0.29, 0.717) is 11.9 Å². The lowest BCUT2D eigenvalue weighted by Gasteiger charge is -2.27. The minimum atomic E-state index is -0.240. The van der Waals surface area contributed by atoms with Gasteiger partial charge in [-0.05, 0) is 30.2 Å². The first-order valence-electron chi connectivity index (χ1n) is 5.37. The second-order valence-electron chi connectivity index (χ2n) is 4.03. The SMILES string of the molecule is CN(c1ccc(F)cc1CCl)C1CCOC1. The van der Waals surface area contributed by atoms with E-state index in [0.717, 1.165) is 30.9 Å². The fraction of sp³-hybridized carbons (Fsp3) is 0.500. The van der Waals surface area contributed by atoms with Crippen LogP contribution in [0.2, 0.25) is 0 Å². The van der Waals surface area contributed by atoms with Crippen molar-refractivity contribution in [1.29, 1.82) is 0 Å². The first-order valence-corrected chi connectivity index (χ1v) is 5.91. The summed E-state index contributed by atoms with van der Waals surface area (Å²) in [5.74, 6) is 0.0841. The number of anilines is 1. The Labute approximate surface area is 100.0 Å². The molecule has 2 rings (SSSR count). The molecule has 2 nitrogen and oxygen atoms in total. The average molecular weight is 244 g/mol. The molecule has 16 heavy (non-hydrogen) atoms. The number of rotatable bonds is 3. The lowest BCUT2D eigenvalue weighted by molar-refractivity contribution is 0.193. The predicted octanol–water partition coefficient (Wildman–Crippen LogP) is 2.79. The van der Waals surface area contributed by atoms with E-state index < -0.39 is 0 Å². The lowest BCUT2D eigenvalue weighted by Crippen LogP contribution is -2.32. The van der Waals surface area contributed by atoms with Crippen LogP contribution in [0, 0.1) is 5.82 Å². The summed E-state index contributed by atoms with van der Waals surface area (Å²) in [4.78, 5) is 2.13. The molecule has 1 aliphatic rings. The van der Waals surface area contributed by atoms with Crippen molar-refractivity contribution in [2.75, 3.05) is 25.2 Å². The molecule has 1 aromatic carbocycles. The highest BCUT2D eigenvalue weighted by atomic mass is 35.5. The first-order chi connectivity index (χ1) is 7.72. The monoisotopic (exact) mass is 243 g/mol. The van der Waals surface area contributed by atoms with Crippen LogP contribution in [-0.2, 0) is 10.6 Å². The molecule has 0 aliphatic carbocycles. The van der Waals surface area contributed by atoms with Gasteiger partial charge >= 0.3 is 0 Å². The van der Waals surface area contributed by atoms with Gasteiger partial charge in [0.2, 0.25) is 0 Å². The van der Waals surface area contributed by atoms with Gasteiger partial charge in [0, 0.05) is 25.2 Å². The Morgan fingerprint density at radius 2 is 2.38 bits per heavy atom. The van der Waals surface area contributed by atoms with Crippen LogP contribution in [0.3, 0.4) is 0 Å². The van der Waals surface area contributed by atoms with E-state index in [2.05, 4.69) is 4.90 Å². The van der Waals surface area contributed by atoms with Gasteiger partial charge in [-0.1, -0.05) is 0 Å². The van der Waals surface area contributed by atoms with E-state index in [1.807, 2.05) is 7.05 Å². The number of likely N-dealkylation sites (N-methyl/N-ethyl adjacent to an activating group) is 1. The van der Waals surface area contributed by atoms with Gasteiger partial charge in [0.25, 0.3) is 0 Å². The molecule has 1 fully saturated rings. The van der Waals surface area contributed by atoms with Crippen LogP contribution in [0.4, 0.5) is 10.1 Å². The molecule has 0 bridgehead atoms. The molecule has 0 saturated carbocycles. The number of hydrogen-bond acceptors (Lipinski definition) is 2. The number of hydrogen-bond donors (Lipinski definition) is 0. The molecule has 0 radical (unpaired) electrons. The molecule has 1 saturated heterocycles. The quantitative estimate of drug-likeness (QED) is 0.757. The molecule has 1 atom stereocenters. The fourth-order valence-electron chi connectivity index (χ4n) is 2.03. The highest BCUT2D eigenvalue weighted by Gasteiger charge is 2.22. The van der Waals surface area contributed by atoms with Crippen molar-refractivity contribution in [3.8, 4) is 0 Å². The standard InChI is InChI=1S/C12H15ClFNO/c1-15(11-4-5-16-8-11)12-3-2-10(14)6-9(12)7-13/h2-3,6,11H,4-5,7-8H2,1H3. The molecule has 1 aromatic rings. The van der Waals surface area contributed by atoms with E-state index in [-0.39, 0.29) is 5.82 Å². The molecule has 0 aromatic heterocycles. The van der Waals surface area contributed by atoms with Gasteiger partial charge < -0.3 is 9.64 Å². The van der Waals surface area contributed by atoms with E-state index >= 15 is 0 Å². The van der Waals surface area contributed by atoms with Crippen molar-refractivity contribution in [2.45, 2.75) is 18.3 Å². The molecule has 1 heterocycles. The highest BCUT2D eigenvalue weighted by Crippen LogP contribution is 2.26. The normalized spacial score (nSPS) is 20.1. The summed E-state index contributed by atoms with van der Waals surface area (Å²) in [5.41, 5.74) is 1.82. The minimum Gasteiger partial charge on any atom is -0.379 e. The van der Waals surface area contributed by atoms with Gasteiger partial charge in [0.1, 0.15) is 5.82 Å². The lowest BCUT2D eigenvalue weighted by atomic mass is 10.1. The Morgan fingerprint density at radius 3 is 3.00 bits per heavy atom. The Balaban J connectivity index is 2.24. The number of halogens is 2. The highest BCUT2D eigenvalue weighted by molar-refractivity contribution is 6.17. The largest absolute Gasteiger partial charge is 0.379 e. The second kappa shape index (κ2) is 5.02. The number of nitrogens with zero attached hydrogens (tertiary/aromatic N) is 1. The van der Waals surface area contributed by atoms with Gasteiger partial charge in [0.15, 0.2) is 0 Å². The first kappa shape index (κ1) is 11.7. The Hall–Kier alpha value is -0.800. The van der Waals surface area contributed by atoms with E-state index in [9.17, 15) is 4.39 Å². The zero-order chi connectivity index (χ0) is 11.5. The van der Waals surface area contributed by atoms with Crippen molar-refractivity contribution in [2.24, 2.45) is 0 Å². The summed E-state index contributed by atoms with van der Waals surface area (Å²) in [6, 6.07) is 5.12. The van der Waals surface area contributed by atoms with Crippen LogP contribution in [0.5, 0.6) is 0 Å². The molecule has 1 aliphatic heterocycles. The summed E-state index contributed by atoms with van der Waals surface area (Å²) in [6.45, 7) is 1.53. The molecule has 0 spiro atoms. The van der Waals surface area contributed by atoms with E-state index in [1.54, 1.807) is 6.07 Å². The summed E-state index contributed by atoms with van der Waals surface area (Å²) in [7, 11) is 2.00. The molecule has 0 amide bonds. The summed E-state index contributed by atoms with van der Waals surface area (Å²) < 4.78 is 18.4. The third-order valence-electron chi connectivity index (χ3n) is 3.02. The Kier molecular flexibility index (Phi) is 3.66. The molecular weight excluding hydrogens is 229 g/mol. The average Bonchev–Trinajstić information content (AvgIpc) is 2.81. The summed E-state index contributed by atoms with van der Waals surface area (Å²) >= 11 is 5.83. The van der Waals surface area contributed by atoms with Gasteiger partial charge in [-0.25, -0.2) is 4.39 Å². The van der Waals surface area contributed by atoms with Crippen LogP contribution in [0.15, 0.2) is 18.2 Å². The maximum absolute atomic E-state index is 13.1. The minimum absolute atomic E-state index is 0.240. The van der Waals surface area contributed by atoms with Crippen LogP contribution in [0.1, 0.15) is 12.0 Å². The maximum atomic E-state index is 13.1. The van der Waals surface area contributed by atoms with Crippen LogP contribution in [0.25, 0.3) is 0 Å². The topological polar surface area (TPSA) is 12.5 Å². The zero-order valence-corrected chi connectivity index (χ0v) is 10.0. The van der Waals surface area contributed by atoms with E-state index in [4.69, 9.17) is 16.3 Å². The maximum Gasteiger partial charge on any atom is 0.123 e. The molecule has 0 N–H and O–H groups in total. The van der Waals surface area contributed by atoms with Crippen LogP contribution < -0.4 is 4.90 Å². The van der Waals surface area contributed by atoms with Gasteiger partial charge in [-0.3, -0.25) is 0 Å². The summed E-state index contributed by atoms with van der Waals surface area (Å²) in [5, 5.41) is 0. The van der Waals surface area contributed by atoms with Gasteiger partial charge in [-0.15, -0.1) is 11.6 Å². The van der Waals surface area contributed by atoms with Crippen molar-refractivity contribution in [1.82, 2.24) is 0 Å². The molecule has 88 valence electrons. The smallest absolute Gasteiger partial charge is 0.123 e. The fourth-order valence-corrected chi connectivity index (χ4v) is 2.24. The van der Waals surface area contributed by atoms with Gasteiger partial charge in [0.05, 0.1) is 12.6 Å². The van der Waals surface area contributed by atoms with E-state index in [1.165, 1.54) is 12.1 Å². The van der Waals surface area contributed by atoms with Gasteiger partial charge in [-0.2, -0.15) is 0 Å². The predicted molar refractivity (Wildman–Crippen MR) is 63.6 cm³/mol. The molecular formula is C12H15ClFNO. The molecule has 4 heteroatoms. The zero-order valence-electron chi connectivity index (χ0n) is 9.25. The second-order valence-corrected chi connectivity index (χ2v) is 4.30. The van der Waals surface area contributed by atoms with Crippen molar-refractivity contribution in [3.05, 3.63) is 29.6 Å². The molecule has 1 unspecified atom stereocenters. The third kappa shape index (κ3) is 2.30. The van der Waals surface area contributed by atoms with Crippen LogP contribution >= 0.6 is 11.6 Å². The van der Waals surface area contributed by atoms with Crippen LogP contribution in [-0.4, -0.2) is 26.3 Å². The van der Waals surface area contributed by atoms with Crippen molar-refractivity contribution < 1.29 is 9.13 Å². The van der Waals surface area contributed by atoms with Crippen molar-refractivity contribution in [3.63, 3.8) is 0 Å². The number of alkyl halides is 1. The van der Waals surface area contributed by atoms with Crippen molar-refractivity contribution >= 4 is 17.3 Å².